The molecule has 0 aromatic rings. The third-order valence-electron chi connectivity index (χ3n) is 0. The van der Waals surface area contributed by atoms with Crippen molar-refractivity contribution in [3.8, 4) is 0 Å². The minimum atomic E-state index is -4.94. The van der Waals surface area contributed by atoms with Crippen molar-refractivity contribution in [2.45, 2.75) is 0 Å². The Morgan fingerprint density at radius 2 is 0.833 bits per heavy atom. The van der Waals surface area contributed by atoms with Crippen molar-refractivity contribution in [1.29, 1.82) is 0 Å². The number of hydrogen-bond acceptors (Lipinski definition) is 4. The van der Waals surface area contributed by atoms with Gasteiger partial charge < -0.3 is 0 Å². The van der Waals surface area contributed by atoms with E-state index in [4.69, 9.17) is 18.6 Å². The Balaban J connectivity index is 0. The maximum absolute atomic E-state index is 8.49. The zero-order valence-corrected chi connectivity index (χ0v) is 6.69. The zero-order valence-electron chi connectivity index (χ0n) is 2.46. The van der Waals surface area contributed by atoms with Crippen molar-refractivity contribution < 1.29 is 28.9 Å². The molecule has 34 valence electrons. The summed E-state index contributed by atoms with van der Waals surface area (Å²) in [5.41, 5.74) is 0. The van der Waals surface area contributed by atoms with Gasteiger partial charge in [-0.3, -0.25) is 0 Å². The molecule has 0 saturated heterocycles. The maximum atomic E-state index is 8.49. The Hall–Kier alpha value is 1.01. The Morgan fingerprint density at radius 1 is 0.833 bits per heavy atom. The molecule has 0 amide bonds. The van der Waals surface area contributed by atoms with Gasteiger partial charge in [0.1, 0.15) is 0 Å². The maximum Gasteiger partial charge on any atom is 3.00 e. The monoisotopic (exact) mass is 308 g/mol. The molecule has 0 aromatic carbocycles. The second kappa shape index (κ2) is 3.07. The first-order valence-electron chi connectivity index (χ1n) is 0.617. The van der Waals surface area contributed by atoms with Crippen LogP contribution < -0.4 is 18.6 Å². The first-order valence-corrected chi connectivity index (χ1v) is 1.85. The SMILES string of the molecule is [Bi+3].[O-][Cl+3]([O-])([O-])[O-]. The van der Waals surface area contributed by atoms with Crippen LogP contribution in [0.2, 0.25) is 0 Å². The molecule has 0 saturated carbocycles. The van der Waals surface area contributed by atoms with Crippen molar-refractivity contribution in [3.63, 3.8) is 0 Å². The van der Waals surface area contributed by atoms with Gasteiger partial charge >= 0.3 is 26.2 Å². The quantitative estimate of drug-likeness (QED) is 0.418. The molecule has 4 nitrogen and oxygen atoms in total. The van der Waals surface area contributed by atoms with Crippen molar-refractivity contribution in [3.05, 3.63) is 0 Å². The molecule has 0 unspecified atom stereocenters. The van der Waals surface area contributed by atoms with E-state index in [-0.39, 0.29) is 26.2 Å². The molecule has 0 aromatic heterocycles. The van der Waals surface area contributed by atoms with Crippen molar-refractivity contribution in [1.82, 2.24) is 0 Å². The topological polar surface area (TPSA) is 92.2 Å². The minimum absolute atomic E-state index is 0. The van der Waals surface area contributed by atoms with Crippen LogP contribution in [0.3, 0.4) is 0 Å². The van der Waals surface area contributed by atoms with E-state index in [9.17, 15) is 0 Å². The number of hydrogen-bond donors (Lipinski definition) is 0. The largest absolute Gasteiger partial charge is 3.00 e. The second-order valence-electron chi connectivity index (χ2n) is 0.378. The van der Waals surface area contributed by atoms with E-state index in [0.29, 0.717) is 0 Å². The fourth-order valence-electron chi connectivity index (χ4n) is 0. The van der Waals surface area contributed by atoms with Gasteiger partial charge in [-0.15, -0.1) is 10.2 Å². The first kappa shape index (κ1) is 10.1. The van der Waals surface area contributed by atoms with Crippen LogP contribution in [0.5, 0.6) is 0 Å². The fraction of sp³-hybridized carbons (Fsp3) is 0. The van der Waals surface area contributed by atoms with Crippen molar-refractivity contribution in [2.24, 2.45) is 0 Å². The zero-order chi connectivity index (χ0) is 4.50. The Labute approximate surface area is 55.3 Å². The summed E-state index contributed by atoms with van der Waals surface area (Å²) in [6.07, 6.45) is 0. The van der Waals surface area contributed by atoms with Gasteiger partial charge in [-0.2, -0.15) is 0 Å². The normalized spacial score (nSPS) is 10.0. The van der Waals surface area contributed by atoms with Gasteiger partial charge in [-0.1, -0.05) is 0 Å². The van der Waals surface area contributed by atoms with E-state index in [2.05, 4.69) is 0 Å². The van der Waals surface area contributed by atoms with E-state index < -0.39 is 10.2 Å². The van der Waals surface area contributed by atoms with Crippen LogP contribution in [0.25, 0.3) is 0 Å². The van der Waals surface area contributed by atoms with Crippen LogP contribution in [0, 0.1) is 10.2 Å². The smallest absolute Gasteiger partial charge is 0.222 e. The van der Waals surface area contributed by atoms with E-state index in [1.54, 1.807) is 0 Å². The van der Waals surface area contributed by atoms with Crippen LogP contribution in [0.15, 0.2) is 0 Å². The number of halogens is 1. The molecule has 0 N–H and O–H groups in total. The summed E-state index contributed by atoms with van der Waals surface area (Å²) in [4.78, 5) is 0. The summed E-state index contributed by atoms with van der Waals surface area (Å²) in [7, 11) is -4.94. The summed E-state index contributed by atoms with van der Waals surface area (Å²) in [5.74, 6) is 0. The van der Waals surface area contributed by atoms with Crippen molar-refractivity contribution >= 4 is 26.2 Å². The molecule has 0 heterocycles. The molecule has 0 aliphatic rings. The third kappa shape index (κ3) is 78.7. The third-order valence-corrected chi connectivity index (χ3v) is 0. The molecule has 6 heteroatoms. The van der Waals surface area contributed by atoms with Gasteiger partial charge in [0, 0.05) is 0 Å². The van der Waals surface area contributed by atoms with Gasteiger partial charge in [0.15, 0.2) is 0 Å². The predicted molar refractivity (Wildman–Crippen MR) is 5.75 cm³/mol. The first-order chi connectivity index (χ1) is 2.00. The summed E-state index contributed by atoms with van der Waals surface area (Å²) in [5, 5.41) is 0. The van der Waals surface area contributed by atoms with Gasteiger partial charge in [0.05, 0.1) is 0 Å². The molecule has 2 radical (unpaired) electrons. The van der Waals surface area contributed by atoms with Crippen LogP contribution in [-0.4, -0.2) is 26.2 Å². The summed E-state index contributed by atoms with van der Waals surface area (Å²) in [6, 6.07) is 0. The van der Waals surface area contributed by atoms with Crippen molar-refractivity contribution in [2.75, 3.05) is 0 Å². The van der Waals surface area contributed by atoms with Gasteiger partial charge in [-0.25, -0.2) is 18.6 Å². The molecule has 0 bridgehead atoms. The van der Waals surface area contributed by atoms with E-state index in [1.807, 2.05) is 0 Å². The van der Waals surface area contributed by atoms with Crippen LogP contribution >= 0.6 is 0 Å². The summed E-state index contributed by atoms with van der Waals surface area (Å²) < 4.78 is 34.0. The van der Waals surface area contributed by atoms with E-state index >= 15 is 0 Å². The van der Waals surface area contributed by atoms with Crippen LogP contribution in [-0.2, 0) is 0 Å². The molecular formula is BiClO4+2. The Kier molecular flexibility index (Phi) is 5.17. The molecule has 0 fully saturated rings. The minimum Gasteiger partial charge on any atom is -0.222 e. The molecule has 0 spiro atoms. The van der Waals surface area contributed by atoms with Gasteiger partial charge in [-0.05, 0) is 0 Å². The Morgan fingerprint density at radius 3 is 0.833 bits per heavy atom. The van der Waals surface area contributed by atoms with Crippen LogP contribution in [0.4, 0.5) is 0 Å². The summed E-state index contributed by atoms with van der Waals surface area (Å²) >= 11 is 0. The standard InChI is InChI=1S/Bi.ClHO4/c;2-1(3,4)5/h;(H,2,3,4,5)/q+3;/p-1. The molecular weight excluding hydrogens is 308 g/mol. The molecule has 0 rings (SSSR count). The Bertz CT molecular complexity index is 23.0. The van der Waals surface area contributed by atoms with Gasteiger partial charge in [0.2, 0.25) is 0 Å². The summed E-state index contributed by atoms with van der Waals surface area (Å²) in [6.45, 7) is 0. The average molecular weight is 308 g/mol. The van der Waals surface area contributed by atoms with E-state index in [1.165, 1.54) is 0 Å². The van der Waals surface area contributed by atoms with Crippen LogP contribution in [0.1, 0.15) is 0 Å². The van der Waals surface area contributed by atoms with E-state index in [0.717, 1.165) is 0 Å². The number of rotatable bonds is 0. The molecule has 6 heavy (non-hydrogen) atoms. The predicted octanol–water partition coefficient (Wildman–Crippen LogP) is -5.14. The second-order valence-corrected chi connectivity index (χ2v) is 1.13. The fourth-order valence-corrected chi connectivity index (χ4v) is 0. The average Bonchev–Trinajstić information content (AvgIpc) is 0.722. The molecule has 0 aliphatic carbocycles. The molecule has 0 atom stereocenters. The van der Waals surface area contributed by atoms with Gasteiger partial charge in [0.25, 0.3) is 0 Å². The molecule has 0 aliphatic heterocycles.